The van der Waals surface area contributed by atoms with E-state index in [4.69, 9.17) is 0 Å². The second-order valence-electron chi connectivity index (χ2n) is 6.91. The quantitative estimate of drug-likeness (QED) is 0.551. The summed E-state index contributed by atoms with van der Waals surface area (Å²) >= 11 is 0. The standard InChI is InChI=1S/C19H30/c1-5-14(2)9-11-16(4)18-8-6-7-17-12-10-15(3)13-19(17)18/h5,9,11,15,17-19H,1,6-8,10,12-13H2,2-4H3/b14-9-,16-11+/t15-,17+,18?,19?/m1/s1. The summed E-state index contributed by atoms with van der Waals surface area (Å²) in [4.78, 5) is 0. The first-order valence-corrected chi connectivity index (χ1v) is 8.09. The topological polar surface area (TPSA) is 0 Å². The van der Waals surface area contributed by atoms with E-state index in [0.717, 1.165) is 23.7 Å². The molecule has 0 amide bonds. The zero-order chi connectivity index (χ0) is 13.8. The zero-order valence-corrected chi connectivity index (χ0v) is 13.0. The SMILES string of the molecule is C=C/C(C)=C\C=C(/C)C1CCC[C@H]2CC[C@@H](C)CC12. The molecular weight excluding hydrogens is 228 g/mol. The van der Waals surface area contributed by atoms with E-state index in [2.05, 4.69) is 39.5 Å². The lowest BCUT2D eigenvalue weighted by Crippen LogP contribution is -2.34. The maximum Gasteiger partial charge on any atom is -0.0172 e. The van der Waals surface area contributed by atoms with E-state index in [9.17, 15) is 0 Å². The molecule has 106 valence electrons. The Labute approximate surface area is 119 Å². The van der Waals surface area contributed by atoms with Crippen LogP contribution in [-0.2, 0) is 0 Å². The van der Waals surface area contributed by atoms with Crippen LogP contribution in [0.1, 0.15) is 59.3 Å². The highest BCUT2D eigenvalue weighted by Gasteiger charge is 2.37. The summed E-state index contributed by atoms with van der Waals surface area (Å²) < 4.78 is 0. The summed E-state index contributed by atoms with van der Waals surface area (Å²) in [5.41, 5.74) is 2.87. The minimum Gasteiger partial charge on any atom is -0.0988 e. The molecule has 2 aliphatic carbocycles. The predicted molar refractivity (Wildman–Crippen MR) is 85.0 cm³/mol. The molecule has 0 aromatic rings. The minimum absolute atomic E-state index is 0.843. The van der Waals surface area contributed by atoms with Crippen LogP contribution in [0.25, 0.3) is 0 Å². The molecule has 2 fully saturated rings. The van der Waals surface area contributed by atoms with E-state index >= 15 is 0 Å². The molecule has 0 N–H and O–H groups in total. The molecule has 0 heterocycles. The van der Waals surface area contributed by atoms with Crippen molar-refractivity contribution in [3.63, 3.8) is 0 Å². The van der Waals surface area contributed by atoms with Crippen LogP contribution in [0.4, 0.5) is 0 Å². The van der Waals surface area contributed by atoms with E-state index in [1.807, 2.05) is 6.08 Å². The highest BCUT2D eigenvalue weighted by molar-refractivity contribution is 5.23. The van der Waals surface area contributed by atoms with Crippen molar-refractivity contribution in [1.82, 2.24) is 0 Å². The third-order valence-electron chi connectivity index (χ3n) is 5.43. The Balaban J connectivity index is 2.11. The number of allylic oxidation sites excluding steroid dienone is 5. The average Bonchev–Trinajstić information content (AvgIpc) is 2.43. The highest BCUT2D eigenvalue weighted by atomic mass is 14.4. The third kappa shape index (κ3) is 3.61. The lowest BCUT2D eigenvalue weighted by atomic mass is 9.61. The van der Waals surface area contributed by atoms with Gasteiger partial charge >= 0.3 is 0 Å². The normalized spacial score (nSPS) is 36.8. The summed E-state index contributed by atoms with van der Waals surface area (Å²) in [6, 6.07) is 0. The van der Waals surface area contributed by atoms with Gasteiger partial charge < -0.3 is 0 Å². The highest BCUT2D eigenvalue weighted by Crippen LogP contribution is 2.47. The lowest BCUT2D eigenvalue weighted by Gasteiger charge is -2.44. The van der Waals surface area contributed by atoms with Crippen LogP contribution in [0.2, 0.25) is 0 Å². The van der Waals surface area contributed by atoms with Gasteiger partial charge in [-0.1, -0.05) is 62.1 Å². The van der Waals surface area contributed by atoms with Gasteiger partial charge in [-0.15, -0.1) is 0 Å². The molecule has 0 aromatic heterocycles. The summed E-state index contributed by atoms with van der Waals surface area (Å²) in [7, 11) is 0. The van der Waals surface area contributed by atoms with Crippen LogP contribution >= 0.6 is 0 Å². The van der Waals surface area contributed by atoms with E-state index in [1.54, 1.807) is 5.57 Å². The van der Waals surface area contributed by atoms with Crippen molar-refractivity contribution in [2.24, 2.45) is 23.7 Å². The molecule has 0 spiro atoms. The second kappa shape index (κ2) is 6.59. The molecule has 0 aliphatic heterocycles. The Hall–Kier alpha value is -0.780. The van der Waals surface area contributed by atoms with Crippen LogP contribution in [0, 0.1) is 23.7 Å². The largest absolute Gasteiger partial charge is 0.0988 e. The lowest BCUT2D eigenvalue weighted by molar-refractivity contribution is 0.0959. The fourth-order valence-electron chi connectivity index (χ4n) is 4.17. The molecule has 0 bridgehead atoms. The van der Waals surface area contributed by atoms with E-state index in [0.29, 0.717) is 0 Å². The maximum atomic E-state index is 3.83. The number of hydrogen-bond acceptors (Lipinski definition) is 0. The summed E-state index contributed by atoms with van der Waals surface area (Å²) in [6.45, 7) is 10.8. The molecule has 0 heteroatoms. The fraction of sp³-hybridized carbons (Fsp3) is 0.684. The van der Waals surface area contributed by atoms with Crippen LogP contribution < -0.4 is 0 Å². The van der Waals surface area contributed by atoms with Gasteiger partial charge in [0, 0.05) is 0 Å². The average molecular weight is 258 g/mol. The van der Waals surface area contributed by atoms with Crippen molar-refractivity contribution in [2.75, 3.05) is 0 Å². The monoisotopic (exact) mass is 258 g/mol. The third-order valence-corrected chi connectivity index (χ3v) is 5.43. The number of hydrogen-bond donors (Lipinski definition) is 0. The number of fused-ring (bicyclic) bond motifs is 1. The molecule has 0 radical (unpaired) electrons. The molecular formula is C19H30. The number of rotatable bonds is 3. The molecule has 2 saturated carbocycles. The van der Waals surface area contributed by atoms with Gasteiger partial charge in [0.1, 0.15) is 0 Å². The van der Waals surface area contributed by atoms with Crippen molar-refractivity contribution >= 4 is 0 Å². The molecule has 0 aromatic carbocycles. The van der Waals surface area contributed by atoms with E-state index < -0.39 is 0 Å². The van der Waals surface area contributed by atoms with Crippen LogP contribution in [-0.4, -0.2) is 0 Å². The first-order chi connectivity index (χ1) is 9.11. The Morgan fingerprint density at radius 2 is 1.84 bits per heavy atom. The van der Waals surface area contributed by atoms with Crippen molar-refractivity contribution in [3.05, 3.63) is 36.0 Å². The Bertz CT molecular complexity index is 371. The van der Waals surface area contributed by atoms with Crippen LogP contribution in [0.15, 0.2) is 36.0 Å². The summed E-state index contributed by atoms with van der Waals surface area (Å²) in [5.74, 6) is 3.77. The second-order valence-corrected chi connectivity index (χ2v) is 6.91. The fourth-order valence-corrected chi connectivity index (χ4v) is 4.17. The molecule has 4 atom stereocenters. The first-order valence-electron chi connectivity index (χ1n) is 8.09. The zero-order valence-electron chi connectivity index (χ0n) is 13.0. The summed E-state index contributed by atoms with van der Waals surface area (Å²) in [6.07, 6.45) is 15.3. The minimum atomic E-state index is 0.843. The molecule has 0 saturated heterocycles. The van der Waals surface area contributed by atoms with Gasteiger partial charge in [0.2, 0.25) is 0 Å². The van der Waals surface area contributed by atoms with Gasteiger partial charge in [0.15, 0.2) is 0 Å². The van der Waals surface area contributed by atoms with Crippen molar-refractivity contribution in [1.29, 1.82) is 0 Å². The Morgan fingerprint density at radius 1 is 1.05 bits per heavy atom. The van der Waals surface area contributed by atoms with Gasteiger partial charge in [-0.3, -0.25) is 0 Å². The first kappa shape index (κ1) is 14.6. The summed E-state index contributed by atoms with van der Waals surface area (Å²) in [5, 5.41) is 0. The van der Waals surface area contributed by atoms with E-state index in [-0.39, 0.29) is 0 Å². The van der Waals surface area contributed by atoms with Gasteiger partial charge in [0.05, 0.1) is 0 Å². The molecule has 2 aliphatic rings. The van der Waals surface area contributed by atoms with Crippen molar-refractivity contribution < 1.29 is 0 Å². The van der Waals surface area contributed by atoms with Crippen molar-refractivity contribution in [3.8, 4) is 0 Å². The molecule has 2 unspecified atom stereocenters. The molecule has 0 nitrogen and oxygen atoms in total. The molecule has 2 rings (SSSR count). The van der Waals surface area contributed by atoms with E-state index in [1.165, 1.54) is 44.1 Å². The van der Waals surface area contributed by atoms with Gasteiger partial charge in [0.25, 0.3) is 0 Å². The van der Waals surface area contributed by atoms with Crippen LogP contribution in [0.3, 0.4) is 0 Å². The maximum absolute atomic E-state index is 3.83. The van der Waals surface area contributed by atoms with Gasteiger partial charge in [-0.25, -0.2) is 0 Å². The van der Waals surface area contributed by atoms with Crippen LogP contribution in [0.5, 0.6) is 0 Å². The predicted octanol–water partition coefficient (Wildman–Crippen LogP) is 5.92. The Kier molecular flexibility index (Phi) is 5.07. The van der Waals surface area contributed by atoms with Crippen molar-refractivity contribution in [2.45, 2.75) is 59.3 Å². The smallest absolute Gasteiger partial charge is 0.0172 e. The Morgan fingerprint density at radius 3 is 2.58 bits per heavy atom. The van der Waals surface area contributed by atoms with Gasteiger partial charge in [-0.05, 0) is 56.8 Å². The molecule has 19 heavy (non-hydrogen) atoms. The van der Waals surface area contributed by atoms with Gasteiger partial charge in [-0.2, -0.15) is 0 Å².